The Kier molecular flexibility index (Phi) is 3.15. The van der Waals surface area contributed by atoms with E-state index in [2.05, 4.69) is 15.8 Å². The van der Waals surface area contributed by atoms with Gasteiger partial charge >= 0.3 is 6.03 Å². The number of thiophene rings is 1. The summed E-state index contributed by atoms with van der Waals surface area (Å²) in [5, 5.41) is 5.07. The minimum atomic E-state index is -0.677. The number of fused-ring (bicyclic) bond motifs is 3. The molecule has 6 N–H and O–H groups in total. The van der Waals surface area contributed by atoms with Gasteiger partial charge in [-0.15, -0.1) is 11.3 Å². The molecule has 108 valence electrons. The van der Waals surface area contributed by atoms with E-state index in [1.807, 2.05) is 7.05 Å². The molecule has 2 heterocycles. The Balaban J connectivity index is 2.06. The summed E-state index contributed by atoms with van der Waals surface area (Å²) in [6, 6.07) is -0.294. The maximum atomic E-state index is 11.7. The normalized spacial score (nSPS) is 25.1. The number of likely N-dealkylation sites (N-methyl/N-ethyl adjacent to an activating group) is 1. The average Bonchev–Trinajstić information content (AvgIpc) is 2.86. The molecule has 0 aromatic carbocycles. The second-order valence-corrected chi connectivity index (χ2v) is 6.32. The number of nitrogens with zero attached hydrogens (tertiary/aromatic N) is 1. The van der Waals surface area contributed by atoms with Crippen molar-refractivity contribution in [2.75, 3.05) is 18.9 Å². The van der Waals surface area contributed by atoms with E-state index in [9.17, 15) is 9.59 Å². The van der Waals surface area contributed by atoms with Crippen LogP contribution in [0.1, 0.15) is 33.1 Å². The van der Waals surface area contributed by atoms with Crippen LogP contribution in [-0.2, 0) is 6.42 Å². The molecular formula is C12H17N5O2S. The van der Waals surface area contributed by atoms with E-state index < -0.39 is 11.9 Å². The summed E-state index contributed by atoms with van der Waals surface area (Å²) in [4.78, 5) is 23.9. The number of rotatable bonds is 2. The van der Waals surface area contributed by atoms with Crippen molar-refractivity contribution in [2.45, 2.75) is 24.8 Å². The Labute approximate surface area is 120 Å². The minimum absolute atomic E-state index is 0.329. The third-order valence-electron chi connectivity index (χ3n) is 3.91. The highest BCUT2D eigenvalue weighted by molar-refractivity contribution is 7.17. The maximum Gasteiger partial charge on any atom is 0.317 e. The molecule has 1 saturated heterocycles. The third kappa shape index (κ3) is 2.05. The largest absolute Gasteiger partial charge is 0.365 e. The molecule has 0 spiro atoms. The quantitative estimate of drug-likeness (QED) is 0.623. The summed E-state index contributed by atoms with van der Waals surface area (Å²) in [6.07, 6.45) is 1.74. The fourth-order valence-corrected chi connectivity index (χ4v) is 4.59. The number of amides is 3. The Morgan fingerprint density at radius 3 is 2.85 bits per heavy atom. The Hall–Kier alpha value is -1.64. The van der Waals surface area contributed by atoms with E-state index >= 15 is 0 Å². The molecule has 1 aromatic rings. The molecule has 3 rings (SSSR count). The summed E-state index contributed by atoms with van der Waals surface area (Å²) in [6.45, 7) is 0.881. The predicted molar refractivity (Wildman–Crippen MR) is 76.7 cm³/mol. The SMILES string of the molecule is CN1CC2c3sc(NC(N)=O)c(C(N)=O)c3CCC2N1. The summed E-state index contributed by atoms with van der Waals surface area (Å²) in [5.41, 5.74) is 15.4. The van der Waals surface area contributed by atoms with Crippen molar-refractivity contribution < 1.29 is 9.59 Å². The molecule has 8 heteroatoms. The summed E-state index contributed by atoms with van der Waals surface area (Å²) in [7, 11) is 2.00. The second-order valence-electron chi connectivity index (χ2n) is 5.26. The molecular weight excluding hydrogens is 278 g/mol. The van der Waals surface area contributed by atoms with Crippen molar-refractivity contribution in [3.05, 3.63) is 16.0 Å². The Bertz CT molecular complexity index is 585. The maximum absolute atomic E-state index is 11.7. The molecule has 7 nitrogen and oxygen atoms in total. The van der Waals surface area contributed by atoms with Crippen LogP contribution in [0.3, 0.4) is 0 Å². The number of urea groups is 1. The molecule has 2 atom stereocenters. The van der Waals surface area contributed by atoms with Crippen LogP contribution in [0.15, 0.2) is 0 Å². The van der Waals surface area contributed by atoms with Gasteiger partial charge in [-0.05, 0) is 18.4 Å². The zero-order valence-electron chi connectivity index (χ0n) is 11.1. The molecule has 1 aromatic heterocycles. The lowest BCUT2D eigenvalue weighted by Gasteiger charge is -2.24. The number of nitrogens with two attached hydrogens (primary N) is 2. The van der Waals surface area contributed by atoms with Crippen LogP contribution in [0.5, 0.6) is 0 Å². The Morgan fingerprint density at radius 2 is 2.20 bits per heavy atom. The molecule has 0 bridgehead atoms. The van der Waals surface area contributed by atoms with E-state index in [4.69, 9.17) is 11.5 Å². The monoisotopic (exact) mass is 295 g/mol. The van der Waals surface area contributed by atoms with Crippen LogP contribution in [-0.4, -0.2) is 36.6 Å². The molecule has 0 saturated carbocycles. The van der Waals surface area contributed by atoms with Gasteiger partial charge in [0.15, 0.2) is 0 Å². The van der Waals surface area contributed by atoms with Gasteiger partial charge in [0.05, 0.1) is 5.56 Å². The zero-order valence-corrected chi connectivity index (χ0v) is 11.9. The van der Waals surface area contributed by atoms with Crippen LogP contribution in [0.4, 0.5) is 9.80 Å². The van der Waals surface area contributed by atoms with Crippen molar-refractivity contribution in [2.24, 2.45) is 11.5 Å². The number of nitrogens with one attached hydrogen (secondary N) is 2. The zero-order chi connectivity index (χ0) is 14.4. The fourth-order valence-electron chi connectivity index (χ4n) is 3.17. The fraction of sp³-hybridized carbons (Fsp3) is 0.500. The molecule has 3 amide bonds. The molecule has 2 unspecified atom stereocenters. The van der Waals surface area contributed by atoms with Crippen molar-refractivity contribution in [3.63, 3.8) is 0 Å². The van der Waals surface area contributed by atoms with Crippen LogP contribution >= 0.6 is 11.3 Å². The number of hydrogen-bond acceptors (Lipinski definition) is 5. The van der Waals surface area contributed by atoms with Crippen molar-refractivity contribution in [1.29, 1.82) is 0 Å². The molecule has 1 aliphatic carbocycles. The lowest BCUT2D eigenvalue weighted by molar-refractivity contribution is 0.100. The number of primary amides is 2. The van der Waals surface area contributed by atoms with Gasteiger partial charge < -0.3 is 11.5 Å². The van der Waals surface area contributed by atoms with Gasteiger partial charge in [0.1, 0.15) is 5.00 Å². The number of hydrogen-bond donors (Lipinski definition) is 4. The first-order chi connectivity index (χ1) is 9.47. The number of anilines is 1. The van der Waals surface area contributed by atoms with Gasteiger partial charge in [0.25, 0.3) is 5.91 Å². The molecule has 1 fully saturated rings. The van der Waals surface area contributed by atoms with E-state index in [-0.39, 0.29) is 0 Å². The highest BCUT2D eigenvalue weighted by atomic mass is 32.1. The highest BCUT2D eigenvalue weighted by Gasteiger charge is 2.39. The van der Waals surface area contributed by atoms with E-state index in [1.54, 1.807) is 0 Å². The van der Waals surface area contributed by atoms with E-state index in [1.165, 1.54) is 11.3 Å². The summed E-state index contributed by atoms with van der Waals surface area (Å²) >= 11 is 1.42. The molecule has 1 aliphatic heterocycles. The smallest absolute Gasteiger partial charge is 0.317 e. The van der Waals surface area contributed by atoms with Gasteiger partial charge in [-0.2, -0.15) is 0 Å². The summed E-state index contributed by atoms with van der Waals surface area (Å²) in [5.74, 6) is -0.181. The predicted octanol–water partition coefficient (Wildman–Crippen LogP) is 0.186. The van der Waals surface area contributed by atoms with Crippen LogP contribution < -0.4 is 22.2 Å². The van der Waals surface area contributed by atoms with Crippen LogP contribution in [0.2, 0.25) is 0 Å². The topological polar surface area (TPSA) is 113 Å². The van der Waals surface area contributed by atoms with Crippen molar-refractivity contribution in [1.82, 2.24) is 10.4 Å². The highest BCUT2D eigenvalue weighted by Crippen LogP contribution is 2.45. The van der Waals surface area contributed by atoms with Crippen LogP contribution in [0.25, 0.3) is 0 Å². The van der Waals surface area contributed by atoms with Gasteiger partial charge in [0, 0.05) is 30.4 Å². The standard InChI is InChI=1S/C12H17N5O2S/c1-17-4-6-7(16-17)3-2-5-8(10(13)18)11(15-12(14)19)20-9(5)6/h6-7,16H,2-4H2,1H3,(H2,13,18)(H3,14,15,19). The summed E-state index contributed by atoms with van der Waals surface area (Å²) < 4.78 is 0. The van der Waals surface area contributed by atoms with Gasteiger partial charge in [-0.1, -0.05) is 0 Å². The van der Waals surface area contributed by atoms with Gasteiger partial charge in [0.2, 0.25) is 0 Å². The first-order valence-electron chi connectivity index (χ1n) is 6.46. The minimum Gasteiger partial charge on any atom is -0.365 e. The van der Waals surface area contributed by atoms with Crippen molar-refractivity contribution >= 4 is 28.3 Å². The van der Waals surface area contributed by atoms with Gasteiger partial charge in [-0.25, -0.2) is 9.80 Å². The average molecular weight is 295 g/mol. The van der Waals surface area contributed by atoms with E-state index in [0.29, 0.717) is 22.5 Å². The number of carbonyl (C=O) groups is 2. The third-order valence-corrected chi connectivity index (χ3v) is 5.19. The number of carbonyl (C=O) groups excluding carboxylic acids is 2. The first-order valence-corrected chi connectivity index (χ1v) is 7.28. The molecule has 0 radical (unpaired) electrons. The lowest BCUT2D eigenvalue weighted by atomic mass is 9.84. The lowest BCUT2D eigenvalue weighted by Crippen LogP contribution is -2.34. The Morgan fingerprint density at radius 1 is 1.45 bits per heavy atom. The number of hydrazine groups is 1. The van der Waals surface area contributed by atoms with E-state index in [0.717, 1.165) is 29.8 Å². The molecule has 20 heavy (non-hydrogen) atoms. The molecule has 2 aliphatic rings. The first kappa shape index (κ1) is 13.3. The van der Waals surface area contributed by atoms with Crippen molar-refractivity contribution in [3.8, 4) is 0 Å². The second kappa shape index (κ2) is 4.72. The van der Waals surface area contributed by atoms with Gasteiger partial charge in [-0.3, -0.25) is 15.5 Å². The van der Waals surface area contributed by atoms with Crippen LogP contribution in [0, 0.1) is 0 Å².